The summed E-state index contributed by atoms with van der Waals surface area (Å²) in [5, 5.41) is 3.44. The van der Waals surface area contributed by atoms with E-state index < -0.39 is 0 Å². The molecule has 3 nitrogen and oxygen atoms in total. The van der Waals surface area contributed by atoms with Gasteiger partial charge in [-0.15, -0.1) is 0 Å². The average molecular weight is 243 g/mol. The predicted molar refractivity (Wildman–Crippen MR) is 74.9 cm³/mol. The third kappa shape index (κ3) is 2.09. The molecule has 1 aromatic carbocycles. The van der Waals surface area contributed by atoms with E-state index >= 15 is 0 Å². The van der Waals surface area contributed by atoms with Crippen LogP contribution in [0.5, 0.6) is 0 Å². The SMILES string of the molecule is C[C@H]1[C@@H](c2ccccc2)CCN1C1=NCCCN1. The van der Waals surface area contributed by atoms with Crippen molar-refractivity contribution in [3.8, 4) is 0 Å². The molecule has 2 atom stereocenters. The molecule has 2 aliphatic rings. The summed E-state index contributed by atoms with van der Waals surface area (Å²) < 4.78 is 0. The fourth-order valence-corrected chi connectivity index (χ4v) is 3.10. The zero-order valence-electron chi connectivity index (χ0n) is 11.0. The van der Waals surface area contributed by atoms with Crippen molar-refractivity contribution in [2.75, 3.05) is 19.6 Å². The summed E-state index contributed by atoms with van der Waals surface area (Å²) in [6, 6.07) is 11.4. The van der Waals surface area contributed by atoms with Crippen LogP contribution in [0, 0.1) is 0 Å². The highest BCUT2D eigenvalue weighted by Gasteiger charge is 2.33. The highest BCUT2D eigenvalue weighted by Crippen LogP contribution is 2.33. The molecule has 3 rings (SSSR count). The van der Waals surface area contributed by atoms with Gasteiger partial charge in [-0.3, -0.25) is 4.99 Å². The lowest BCUT2D eigenvalue weighted by molar-refractivity contribution is 0.376. The minimum absolute atomic E-state index is 0.539. The van der Waals surface area contributed by atoms with Gasteiger partial charge in [0.1, 0.15) is 0 Å². The van der Waals surface area contributed by atoms with Crippen molar-refractivity contribution in [1.29, 1.82) is 0 Å². The second-order valence-corrected chi connectivity index (χ2v) is 5.23. The van der Waals surface area contributed by atoms with E-state index in [0.29, 0.717) is 12.0 Å². The zero-order chi connectivity index (χ0) is 12.4. The number of nitrogens with zero attached hydrogens (tertiary/aromatic N) is 2. The largest absolute Gasteiger partial charge is 0.356 e. The van der Waals surface area contributed by atoms with Crippen molar-refractivity contribution in [3.05, 3.63) is 35.9 Å². The molecule has 0 aromatic heterocycles. The number of hydrogen-bond acceptors (Lipinski definition) is 3. The number of benzene rings is 1. The van der Waals surface area contributed by atoms with Gasteiger partial charge in [-0.05, 0) is 25.3 Å². The van der Waals surface area contributed by atoms with Gasteiger partial charge in [0.15, 0.2) is 5.96 Å². The Morgan fingerprint density at radius 3 is 2.83 bits per heavy atom. The molecule has 3 heteroatoms. The average Bonchev–Trinajstić information content (AvgIpc) is 2.83. The van der Waals surface area contributed by atoms with E-state index in [2.05, 4.69) is 52.5 Å². The van der Waals surface area contributed by atoms with E-state index in [4.69, 9.17) is 0 Å². The van der Waals surface area contributed by atoms with Gasteiger partial charge in [-0.2, -0.15) is 0 Å². The van der Waals surface area contributed by atoms with E-state index in [9.17, 15) is 0 Å². The van der Waals surface area contributed by atoms with Crippen LogP contribution < -0.4 is 5.32 Å². The van der Waals surface area contributed by atoms with Crippen LogP contribution in [0.2, 0.25) is 0 Å². The van der Waals surface area contributed by atoms with Crippen LogP contribution >= 0.6 is 0 Å². The van der Waals surface area contributed by atoms with E-state index in [-0.39, 0.29) is 0 Å². The molecule has 2 aliphatic heterocycles. The third-order valence-electron chi connectivity index (χ3n) is 4.13. The summed E-state index contributed by atoms with van der Waals surface area (Å²) in [4.78, 5) is 7.06. The number of rotatable bonds is 1. The first-order valence-electron chi connectivity index (χ1n) is 6.96. The Morgan fingerprint density at radius 1 is 1.28 bits per heavy atom. The zero-order valence-corrected chi connectivity index (χ0v) is 11.0. The Balaban J connectivity index is 1.76. The van der Waals surface area contributed by atoms with Crippen LogP contribution in [-0.2, 0) is 0 Å². The second-order valence-electron chi connectivity index (χ2n) is 5.23. The molecular weight excluding hydrogens is 222 g/mol. The lowest BCUT2D eigenvalue weighted by atomic mass is 9.93. The highest BCUT2D eigenvalue weighted by molar-refractivity contribution is 5.81. The summed E-state index contributed by atoms with van der Waals surface area (Å²) in [6.07, 6.45) is 2.39. The summed E-state index contributed by atoms with van der Waals surface area (Å²) in [7, 11) is 0. The standard InChI is InChI=1S/C15H21N3/c1-12-14(13-6-3-2-4-7-13)8-11-18(12)15-16-9-5-10-17-15/h2-4,6-7,12,14H,5,8-11H2,1H3,(H,16,17)/t12-,14-/m0/s1. The molecule has 0 bridgehead atoms. The lowest BCUT2D eigenvalue weighted by Gasteiger charge is -2.30. The molecule has 96 valence electrons. The van der Waals surface area contributed by atoms with Gasteiger partial charge >= 0.3 is 0 Å². The molecule has 0 amide bonds. The smallest absolute Gasteiger partial charge is 0.194 e. The Labute approximate surface area is 109 Å². The second kappa shape index (κ2) is 5.01. The predicted octanol–water partition coefficient (Wildman–Crippen LogP) is 2.21. The molecule has 1 N–H and O–H groups in total. The van der Waals surface area contributed by atoms with Crippen LogP contribution in [0.15, 0.2) is 35.3 Å². The van der Waals surface area contributed by atoms with Gasteiger partial charge in [0.25, 0.3) is 0 Å². The van der Waals surface area contributed by atoms with Gasteiger partial charge in [0.05, 0.1) is 0 Å². The maximum atomic E-state index is 4.62. The first-order chi connectivity index (χ1) is 8.86. The number of hydrogen-bond donors (Lipinski definition) is 1. The Bertz CT molecular complexity index is 427. The molecule has 1 saturated heterocycles. The molecule has 0 saturated carbocycles. The van der Waals surface area contributed by atoms with Crippen molar-refractivity contribution in [1.82, 2.24) is 10.2 Å². The summed E-state index contributed by atoms with van der Waals surface area (Å²) in [5.41, 5.74) is 1.46. The van der Waals surface area contributed by atoms with Crippen LogP contribution in [0.1, 0.15) is 31.2 Å². The van der Waals surface area contributed by atoms with Crippen molar-refractivity contribution >= 4 is 5.96 Å². The molecule has 2 heterocycles. The van der Waals surface area contributed by atoms with Crippen LogP contribution in [0.4, 0.5) is 0 Å². The quantitative estimate of drug-likeness (QED) is 0.819. The van der Waals surface area contributed by atoms with Gasteiger partial charge < -0.3 is 10.2 Å². The maximum absolute atomic E-state index is 4.62. The van der Waals surface area contributed by atoms with Crippen LogP contribution in [0.3, 0.4) is 0 Å². The fourth-order valence-electron chi connectivity index (χ4n) is 3.10. The normalized spacial score (nSPS) is 27.8. The fraction of sp³-hybridized carbons (Fsp3) is 0.533. The number of likely N-dealkylation sites (tertiary alicyclic amines) is 1. The molecule has 0 radical (unpaired) electrons. The van der Waals surface area contributed by atoms with Crippen molar-refractivity contribution in [2.24, 2.45) is 4.99 Å². The summed E-state index contributed by atoms with van der Waals surface area (Å²) in [6.45, 7) is 5.48. The Kier molecular flexibility index (Phi) is 3.22. The monoisotopic (exact) mass is 243 g/mol. The topological polar surface area (TPSA) is 27.6 Å². The van der Waals surface area contributed by atoms with Gasteiger partial charge in [-0.1, -0.05) is 30.3 Å². The number of guanidine groups is 1. The van der Waals surface area contributed by atoms with Gasteiger partial charge in [0.2, 0.25) is 0 Å². The molecule has 0 aliphatic carbocycles. The van der Waals surface area contributed by atoms with Crippen LogP contribution in [-0.4, -0.2) is 36.5 Å². The Morgan fingerprint density at radius 2 is 2.11 bits per heavy atom. The minimum atomic E-state index is 0.539. The third-order valence-corrected chi connectivity index (χ3v) is 4.13. The molecule has 0 spiro atoms. The van der Waals surface area contributed by atoms with Crippen molar-refractivity contribution in [3.63, 3.8) is 0 Å². The van der Waals surface area contributed by atoms with Gasteiger partial charge in [-0.25, -0.2) is 0 Å². The first-order valence-corrected chi connectivity index (χ1v) is 6.96. The lowest BCUT2D eigenvalue weighted by Crippen LogP contribution is -2.46. The van der Waals surface area contributed by atoms with Crippen molar-refractivity contribution in [2.45, 2.75) is 31.7 Å². The highest BCUT2D eigenvalue weighted by atomic mass is 15.3. The maximum Gasteiger partial charge on any atom is 0.194 e. The number of nitrogens with one attached hydrogen (secondary N) is 1. The first kappa shape index (κ1) is 11.6. The van der Waals surface area contributed by atoms with E-state index in [1.54, 1.807) is 0 Å². The number of aliphatic imine (C=N–C) groups is 1. The molecular formula is C15H21N3. The summed E-state index contributed by atoms with van der Waals surface area (Å²) >= 11 is 0. The molecule has 1 fully saturated rings. The van der Waals surface area contributed by atoms with E-state index in [1.807, 2.05) is 0 Å². The summed E-state index contributed by atoms with van der Waals surface area (Å²) in [5.74, 6) is 1.75. The van der Waals surface area contributed by atoms with Crippen molar-refractivity contribution < 1.29 is 0 Å². The minimum Gasteiger partial charge on any atom is -0.356 e. The van der Waals surface area contributed by atoms with Crippen LogP contribution in [0.25, 0.3) is 0 Å². The molecule has 18 heavy (non-hydrogen) atoms. The van der Waals surface area contributed by atoms with Gasteiger partial charge in [0, 0.05) is 31.6 Å². The van der Waals surface area contributed by atoms with E-state index in [0.717, 1.165) is 32.0 Å². The van der Waals surface area contributed by atoms with E-state index in [1.165, 1.54) is 12.0 Å². The molecule has 0 unspecified atom stereocenters. The molecule has 1 aromatic rings. The Hall–Kier alpha value is -1.51.